The summed E-state index contributed by atoms with van der Waals surface area (Å²) in [7, 11) is 2.04. The van der Waals surface area contributed by atoms with E-state index in [1.807, 2.05) is 7.05 Å². The largest absolute Gasteiger partial charge is 0.376 e. The molecule has 6 heteroatoms. The molecule has 0 radical (unpaired) electrons. The van der Waals surface area contributed by atoms with E-state index in [0.29, 0.717) is 19.6 Å². The van der Waals surface area contributed by atoms with Crippen molar-refractivity contribution >= 4 is 11.8 Å². The standard InChI is InChI=1S/C15H27N3O3/c1-15(2,13(19)16-11-12-5-4-10-21-12)14(20)18-8-6-17(3)7-9-18/h12H,4-11H2,1-3H3,(H,16,19). The summed E-state index contributed by atoms with van der Waals surface area (Å²) in [5, 5.41) is 2.87. The third kappa shape index (κ3) is 3.95. The first kappa shape index (κ1) is 16.2. The number of carbonyl (C=O) groups excluding carboxylic acids is 2. The Bertz CT molecular complexity index is 384. The molecule has 0 aromatic heterocycles. The highest BCUT2D eigenvalue weighted by atomic mass is 16.5. The minimum atomic E-state index is -1.02. The second kappa shape index (κ2) is 6.75. The van der Waals surface area contributed by atoms with Crippen LogP contribution in [0.15, 0.2) is 0 Å². The summed E-state index contributed by atoms with van der Waals surface area (Å²) < 4.78 is 5.49. The van der Waals surface area contributed by atoms with Crippen LogP contribution in [0.1, 0.15) is 26.7 Å². The van der Waals surface area contributed by atoms with E-state index in [-0.39, 0.29) is 17.9 Å². The van der Waals surface area contributed by atoms with E-state index in [1.165, 1.54) is 0 Å². The SMILES string of the molecule is CN1CCN(C(=O)C(C)(C)C(=O)NCC2CCCO2)CC1. The topological polar surface area (TPSA) is 61.9 Å². The molecule has 2 aliphatic heterocycles. The maximum Gasteiger partial charge on any atom is 0.237 e. The predicted molar refractivity (Wildman–Crippen MR) is 79.8 cm³/mol. The minimum absolute atomic E-state index is 0.0829. The average molecular weight is 297 g/mol. The lowest BCUT2D eigenvalue weighted by Crippen LogP contribution is -2.55. The highest BCUT2D eigenvalue weighted by molar-refractivity contribution is 6.04. The molecular formula is C15H27N3O3. The summed E-state index contributed by atoms with van der Waals surface area (Å²) in [6.45, 7) is 7.79. The van der Waals surface area contributed by atoms with Gasteiger partial charge in [-0.3, -0.25) is 9.59 Å². The van der Waals surface area contributed by atoms with Gasteiger partial charge in [0, 0.05) is 39.3 Å². The third-order valence-electron chi connectivity index (χ3n) is 4.41. The fourth-order valence-corrected chi connectivity index (χ4v) is 2.73. The molecule has 0 spiro atoms. The van der Waals surface area contributed by atoms with Gasteiger partial charge in [-0.2, -0.15) is 0 Å². The molecule has 2 aliphatic rings. The van der Waals surface area contributed by atoms with E-state index in [0.717, 1.165) is 32.5 Å². The predicted octanol–water partition coefficient (Wildman–Crippen LogP) is 0.0818. The zero-order valence-corrected chi connectivity index (χ0v) is 13.4. The first-order chi connectivity index (χ1) is 9.91. The summed E-state index contributed by atoms with van der Waals surface area (Å²) in [5.41, 5.74) is -1.02. The molecule has 1 atom stereocenters. The van der Waals surface area contributed by atoms with Crippen molar-refractivity contribution in [2.24, 2.45) is 5.41 Å². The number of piperazine rings is 1. The van der Waals surface area contributed by atoms with Crippen LogP contribution >= 0.6 is 0 Å². The molecule has 0 aromatic carbocycles. The fraction of sp³-hybridized carbons (Fsp3) is 0.867. The van der Waals surface area contributed by atoms with Crippen molar-refractivity contribution in [3.8, 4) is 0 Å². The first-order valence-electron chi connectivity index (χ1n) is 7.79. The average Bonchev–Trinajstić information content (AvgIpc) is 2.98. The molecule has 2 fully saturated rings. The Labute approximate surface area is 126 Å². The Kier molecular flexibility index (Phi) is 5.22. The monoisotopic (exact) mass is 297 g/mol. The molecule has 6 nitrogen and oxygen atoms in total. The Morgan fingerprint density at radius 1 is 1.24 bits per heavy atom. The Morgan fingerprint density at radius 2 is 1.90 bits per heavy atom. The molecular weight excluding hydrogens is 270 g/mol. The van der Waals surface area contributed by atoms with Crippen molar-refractivity contribution in [2.45, 2.75) is 32.8 Å². The van der Waals surface area contributed by atoms with Crippen molar-refractivity contribution < 1.29 is 14.3 Å². The molecule has 1 unspecified atom stereocenters. The molecule has 21 heavy (non-hydrogen) atoms. The van der Waals surface area contributed by atoms with Crippen LogP contribution in [-0.2, 0) is 14.3 Å². The van der Waals surface area contributed by atoms with Crippen LogP contribution in [0.4, 0.5) is 0 Å². The van der Waals surface area contributed by atoms with Crippen molar-refractivity contribution in [3.63, 3.8) is 0 Å². The molecule has 0 aromatic rings. The minimum Gasteiger partial charge on any atom is -0.376 e. The second-order valence-electron chi connectivity index (χ2n) is 6.57. The van der Waals surface area contributed by atoms with Gasteiger partial charge in [-0.15, -0.1) is 0 Å². The Balaban J connectivity index is 1.86. The van der Waals surface area contributed by atoms with E-state index in [4.69, 9.17) is 4.74 Å². The number of hydrogen-bond donors (Lipinski definition) is 1. The highest BCUT2D eigenvalue weighted by Gasteiger charge is 2.39. The van der Waals surface area contributed by atoms with Crippen molar-refractivity contribution in [1.29, 1.82) is 0 Å². The van der Waals surface area contributed by atoms with Crippen molar-refractivity contribution in [1.82, 2.24) is 15.1 Å². The lowest BCUT2D eigenvalue weighted by Gasteiger charge is -2.36. The van der Waals surface area contributed by atoms with Crippen molar-refractivity contribution in [3.05, 3.63) is 0 Å². The summed E-state index contributed by atoms with van der Waals surface area (Å²) in [6.07, 6.45) is 2.13. The molecule has 2 amide bonds. The maximum absolute atomic E-state index is 12.6. The van der Waals surface area contributed by atoms with E-state index >= 15 is 0 Å². The summed E-state index contributed by atoms with van der Waals surface area (Å²) in [6, 6.07) is 0. The number of likely N-dealkylation sites (N-methyl/N-ethyl adjacent to an activating group) is 1. The Morgan fingerprint density at radius 3 is 2.48 bits per heavy atom. The van der Waals surface area contributed by atoms with Crippen LogP contribution < -0.4 is 5.32 Å². The molecule has 2 heterocycles. The highest BCUT2D eigenvalue weighted by Crippen LogP contribution is 2.21. The molecule has 0 aliphatic carbocycles. The molecule has 2 rings (SSSR count). The molecule has 1 N–H and O–H groups in total. The van der Waals surface area contributed by atoms with Gasteiger partial charge in [-0.1, -0.05) is 0 Å². The van der Waals surface area contributed by atoms with Crippen LogP contribution in [0.5, 0.6) is 0 Å². The van der Waals surface area contributed by atoms with Gasteiger partial charge >= 0.3 is 0 Å². The van der Waals surface area contributed by atoms with E-state index in [9.17, 15) is 9.59 Å². The number of ether oxygens (including phenoxy) is 1. The normalized spacial score (nSPS) is 24.1. The van der Waals surface area contributed by atoms with Gasteiger partial charge in [-0.05, 0) is 33.7 Å². The summed E-state index contributed by atoms with van der Waals surface area (Å²) in [4.78, 5) is 28.9. The number of nitrogens with one attached hydrogen (secondary N) is 1. The molecule has 0 bridgehead atoms. The summed E-state index contributed by atoms with van der Waals surface area (Å²) >= 11 is 0. The van der Waals surface area contributed by atoms with Gasteiger partial charge in [0.1, 0.15) is 5.41 Å². The number of rotatable bonds is 4. The number of hydrogen-bond acceptors (Lipinski definition) is 4. The maximum atomic E-state index is 12.6. The van der Waals surface area contributed by atoms with Gasteiger partial charge in [0.2, 0.25) is 11.8 Å². The van der Waals surface area contributed by atoms with Gasteiger partial charge < -0.3 is 19.9 Å². The Hall–Kier alpha value is -1.14. The van der Waals surface area contributed by atoms with Crippen LogP contribution in [-0.4, -0.2) is 74.1 Å². The number of nitrogens with zero attached hydrogens (tertiary/aromatic N) is 2. The van der Waals surface area contributed by atoms with E-state index in [2.05, 4.69) is 10.2 Å². The molecule has 2 saturated heterocycles. The van der Waals surface area contributed by atoms with Crippen LogP contribution in [0.25, 0.3) is 0 Å². The number of carbonyl (C=O) groups is 2. The second-order valence-corrected chi connectivity index (χ2v) is 6.57. The first-order valence-corrected chi connectivity index (χ1v) is 7.79. The zero-order chi connectivity index (χ0) is 15.5. The van der Waals surface area contributed by atoms with Crippen LogP contribution in [0.3, 0.4) is 0 Å². The van der Waals surface area contributed by atoms with Crippen molar-refractivity contribution in [2.75, 3.05) is 46.4 Å². The molecule has 0 saturated carbocycles. The van der Waals surface area contributed by atoms with Crippen LogP contribution in [0, 0.1) is 5.41 Å². The van der Waals surface area contributed by atoms with Gasteiger partial charge in [0.05, 0.1) is 6.10 Å². The van der Waals surface area contributed by atoms with Gasteiger partial charge in [-0.25, -0.2) is 0 Å². The fourth-order valence-electron chi connectivity index (χ4n) is 2.73. The van der Waals surface area contributed by atoms with Gasteiger partial charge in [0.15, 0.2) is 0 Å². The lowest BCUT2D eigenvalue weighted by atomic mass is 9.90. The number of amides is 2. The van der Waals surface area contributed by atoms with Gasteiger partial charge in [0.25, 0.3) is 0 Å². The van der Waals surface area contributed by atoms with Crippen LogP contribution in [0.2, 0.25) is 0 Å². The smallest absolute Gasteiger partial charge is 0.237 e. The summed E-state index contributed by atoms with van der Waals surface area (Å²) in [5.74, 6) is -0.289. The van der Waals surface area contributed by atoms with E-state index in [1.54, 1.807) is 18.7 Å². The zero-order valence-electron chi connectivity index (χ0n) is 13.4. The quantitative estimate of drug-likeness (QED) is 0.747. The molecule has 120 valence electrons. The third-order valence-corrected chi connectivity index (χ3v) is 4.41. The van der Waals surface area contributed by atoms with E-state index < -0.39 is 5.41 Å². The lowest BCUT2D eigenvalue weighted by molar-refractivity contribution is -0.149.